The van der Waals surface area contributed by atoms with Crippen LogP contribution in [0.25, 0.3) is 0 Å². The molecule has 2 aromatic carbocycles. The lowest BCUT2D eigenvalue weighted by Gasteiger charge is -2.14. The number of nitrogens with zero attached hydrogens (tertiary/aromatic N) is 1. The maximum absolute atomic E-state index is 13.2. The van der Waals surface area contributed by atoms with Crippen molar-refractivity contribution in [3.8, 4) is 11.5 Å². The molecule has 2 amide bonds. The average Bonchev–Trinajstić information content (AvgIpc) is 2.60. The summed E-state index contributed by atoms with van der Waals surface area (Å²) in [4.78, 5) is 25.1. The quantitative estimate of drug-likeness (QED) is 0.779. The van der Waals surface area contributed by atoms with Crippen LogP contribution in [0, 0.1) is 5.82 Å². The summed E-state index contributed by atoms with van der Waals surface area (Å²) in [6.07, 6.45) is 0. The van der Waals surface area contributed by atoms with Gasteiger partial charge in [0, 0.05) is 18.2 Å². The number of carbonyl (C=O) groups is 2. The largest absolute Gasteiger partial charge is 0.508 e. The minimum atomic E-state index is -0.700. The Bertz CT molecular complexity index is 737. The lowest BCUT2D eigenvalue weighted by atomic mass is 10.1. The Morgan fingerprint density at radius 1 is 0.850 bits per heavy atom. The first-order valence-corrected chi connectivity index (χ1v) is 5.69. The van der Waals surface area contributed by atoms with Gasteiger partial charge in [0.2, 0.25) is 0 Å². The van der Waals surface area contributed by atoms with Gasteiger partial charge in [-0.2, -0.15) is 0 Å². The van der Waals surface area contributed by atoms with E-state index >= 15 is 0 Å². The van der Waals surface area contributed by atoms with Crippen molar-refractivity contribution >= 4 is 17.5 Å². The first-order valence-electron chi connectivity index (χ1n) is 5.69. The van der Waals surface area contributed by atoms with Gasteiger partial charge in [0.15, 0.2) is 0 Å². The van der Waals surface area contributed by atoms with E-state index in [-0.39, 0.29) is 28.3 Å². The van der Waals surface area contributed by atoms with Crippen molar-refractivity contribution < 1.29 is 24.2 Å². The molecule has 0 fully saturated rings. The first kappa shape index (κ1) is 12.2. The summed E-state index contributed by atoms with van der Waals surface area (Å²) < 4.78 is 13.2. The molecule has 0 radical (unpaired) electrons. The lowest BCUT2D eigenvalue weighted by molar-refractivity contribution is 0.0926. The Morgan fingerprint density at radius 2 is 1.45 bits per heavy atom. The van der Waals surface area contributed by atoms with Crippen LogP contribution in [0.4, 0.5) is 10.1 Å². The van der Waals surface area contributed by atoms with Crippen LogP contribution in [0.1, 0.15) is 20.7 Å². The maximum Gasteiger partial charge on any atom is 0.266 e. The van der Waals surface area contributed by atoms with Crippen molar-refractivity contribution in [1.82, 2.24) is 0 Å². The Morgan fingerprint density at radius 3 is 2.10 bits per heavy atom. The van der Waals surface area contributed by atoms with Gasteiger partial charge >= 0.3 is 0 Å². The van der Waals surface area contributed by atoms with Crippen LogP contribution < -0.4 is 4.90 Å². The van der Waals surface area contributed by atoms with Gasteiger partial charge in [-0.05, 0) is 18.2 Å². The van der Waals surface area contributed by atoms with E-state index in [1.54, 1.807) is 0 Å². The highest BCUT2D eigenvalue weighted by atomic mass is 19.1. The zero-order valence-electron chi connectivity index (χ0n) is 10.0. The number of rotatable bonds is 1. The van der Waals surface area contributed by atoms with Gasteiger partial charge in [0.1, 0.15) is 17.3 Å². The van der Waals surface area contributed by atoms with Gasteiger partial charge in [-0.25, -0.2) is 9.29 Å². The molecule has 1 heterocycles. The van der Waals surface area contributed by atoms with Crippen molar-refractivity contribution in [3.05, 3.63) is 53.3 Å². The number of aromatic hydroxyl groups is 2. The van der Waals surface area contributed by atoms with Crippen LogP contribution in [-0.4, -0.2) is 22.0 Å². The average molecular weight is 273 g/mol. The number of imide groups is 1. The molecule has 0 aliphatic carbocycles. The number of amides is 2. The molecule has 0 saturated carbocycles. The number of carbonyl (C=O) groups excluding carboxylic acids is 2. The fourth-order valence-electron chi connectivity index (χ4n) is 2.16. The van der Waals surface area contributed by atoms with E-state index in [0.717, 1.165) is 35.2 Å². The number of fused-ring (bicyclic) bond motifs is 1. The lowest BCUT2D eigenvalue weighted by Crippen LogP contribution is -2.29. The molecule has 0 unspecified atom stereocenters. The van der Waals surface area contributed by atoms with Gasteiger partial charge in [-0.3, -0.25) is 9.59 Å². The molecular formula is C14H8FNO4. The second-order valence-electron chi connectivity index (χ2n) is 4.34. The number of benzene rings is 2. The summed E-state index contributed by atoms with van der Waals surface area (Å²) in [6, 6.07) is 6.70. The third-order valence-electron chi connectivity index (χ3n) is 2.99. The number of hydrogen-bond acceptors (Lipinski definition) is 4. The van der Waals surface area contributed by atoms with Crippen molar-refractivity contribution in [2.24, 2.45) is 0 Å². The Labute approximate surface area is 112 Å². The molecule has 5 nitrogen and oxygen atoms in total. The summed E-state index contributed by atoms with van der Waals surface area (Å²) in [6.45, 7) is 0. The smallest absolute Gasteiger partial charge is 0.266 e. The second kappa shape index (κ2) is 4.06. The standard InChI is InChI=1S/C14H8FNO4/c15-7-1-2-11-12(3-7)14(20)16(13(11)19)8-4-9(17)6-10(18)5-8/h1-6,17-18H. The van der Waals surface area contributed by atoms with E-state index in [4.69, 9.17) is 0 Å². The van der Waals surface area contributed by atoms with Crippen molar-refractivity contribution in [2.75, 3.05) is 4.90 Å². The highest BCUT2D eigenvalue weighted by Gasteiger charge is 2.37. The molecular weight excluding hydrogens is 265 g/mol. The molecule has 6 heteroatoms. The molecule has 0 spiro atoms. The topological polar surface area (TPSA) is 77.8 Å². The van der Waals surface area contributed by atoms with E-state index in [1.165, 1.54) is 6.07 Å². The molecule has 2 N–H and O–H groups in total. The summed E-state index contributed by atoms with van der Waals surface area (Å²) >= 11 is 0. The molecule has 0 bridgehead atoms. The summed E-state index contributed by atoms with van der Waals surface area (Å²) in [5, 5.41) is 18.8. The van der Waals surface area contributed by atoms with Crippen molar-refractivity contribution in [3.63, 3.8) is 0 Å². The maximum atomic E-state index is 13.2. The monoisotopic (exact) mass is 273 g/mol. The minimum absolute atomic E-state index is 0.0223. The molecule has 20 heavy (non-hydrogen) atoms. The SMILES string of the molecule is O=C1c2ccc(F)cc2C(=O)N1c1cc(O)cc(O)c1. The van der Waals surface area contributed by atoms with Gasteiger partial charge < -0.3 is 10.2 Å². The molecule has 0 aromatic heterocycles. The van der Waals surface area contributed by atoms with Crippen LogP contribution >= 0.6 is 0 Å². The van der Waals surface area contributed by atoms with E-state index in [1.807, 2.05) is 0 Å². The third kappa shape index (κ3) is 1.70. The van der Waals surface area contributed by atoms with Gasteiger partial charge in [-0.1, -0.05) is 0 Å². The van der Waals surface area contributed by atoms with E-state index in [9.17, 15) is 24.2 Å². The number of hydrogen-bond donors (Lipinski definition) is 2. The molecule has 1 aliphatic rings. The minimum Gasteiger partial charge on any atom is -0.508 e. The Hall–Kier alpha value is -2.89. The van der Waals surface area contributed by atoms with Gasteiger partial charge in [-0.15, -0.1) is 0 Å². The van der Waals surface area contributed by atoms with E-state index < -0.39 is 17.6 Å². The normalized spacial score (nSPS) is 13.8. The van der Waals surface area contributed by atoms with Crippen LogP contribution in [0.5, 0.6) is 11.5 Å². The summed E-state index contributed by atoms with van der Waals surface area (Å²) in [7, 11) is 0. The van der Waals surface area contributed by atoms with E-state index in [2.05, 4.69) is 0 Å². The summed E-state index contributed by atoms with van der Waals surface area (Å²) in [5.74, 6) is -2.53. The predicted molar refractivity (Wildman–Crippen MR) is 67.3 cm³/mol. The zero-order chi connectivity index (χ0) is 14.4. The predicted octanol–water partition coefficient (Wildman–Crippen LogP) is 2.04. The number of phenolic OH excluding ortho intramolecular Hbond substituents is 2. The van der Waals surface area contributed by atoms with Crippen LogP contribution in [-0.2, 0) is 0 Å². The molecule has 0 saturated heterocycles. The third-order valence-corrected chi connectivity index (χ3v) is 2.99. The van der Waals surface area contributed by atoms with Crippen LogP contribution in [0.3, 0.4) is 0 Å². The number of anilines is 1. The Kier molecular flexibility index (Phi) is 2.47. The Balaban J connectivity index is 2.14. The highest BCUT2D eigenvalue weighted by Crippen LogP contribution is 2.33. The summed E-state index contributed by atoms with van der Waals surface area (Å²) in [5.41, 5.74) is 0.0613. The molecule has 3 rings (SSSR count). The van der Waals surface area contributed by atoms with Gasteiger partial charge in [0.05, 0.1) is 16.8 Å². The van der Waals surface area contributed by atoms with Gasteiger partial charge in [0.25, 0.3) is 11.8 Å². The molecule has 2 aromatic rings. The van der Waals surface area contributed by atoms with Crippen LogP contribution in [0.2, 0.25) is 0 Å². The molecule has 100 valence electrons. The number of halogens is 1. The van der Waals surface area contributed by atoms with E-state index in [0.29, 0.717) is 0 Å². The second-order valence-corrected chi connectivity index (χ2v) is 4.34. The fourth-order valence-corrected chi connectivity index (χ4v) is 2.16. The highest BCUT2D eigenvalue weighted by molar-refractivity contribution is 6.34. The first-order chi connectivity index (χ1) is 9.47. The molecule has 0 atom stereocenters. The van der Waals surface area contributed by atoms with Crippen LogP contribution in [0.15, 0.2) is 36.4 Å². The zero-order valence-corrected chi connectivity index (χ0v) is 10.0. The van der Waals surface area contributed by atoms with Crippen molar-refractivity contribution in [2.45, 2.75) is 0 Å². The molecule has 1 aliphatic heterocycles. The van der Waals surface area contributed by atoms with Crippen molar-refractivity contribution in [1.29, 1.82) is 0 Å². The fraction of sp³-hybridized carbons (Fsp3) is 0. The number of phenols is 2.